The van der Waals surface area contributed by atoms with Crippen LogP contribution in [0.1, 0.15) is 10.5 Å². The Morgan fingerprint density at radius 1 is 1.14 bits per heavy atom. The van der Waals surface area contributed by atoms with Gasteiger partial charge in [0.2, 0.25) is 0 Å². The Bertz CT molecular complexity index is 957. The number of rotatable bonds is 3. The summed E-state index contributed by atoms with van der Waals surface area (Å²) in [4.78, 5) is 15.0. The molecule has 0 bridgehead atoms. The quantitative estimate of drug-likeness (QED) is 0.706. The largest absolute Gasteiger partial charge is 0.463 e. The first kappa shape index (κ1) is 19.1. The first-order valence-electron chi connectivity index (χ1n) is 9.09. The molecule has 28 heavy (non-hydrogen) atoms. The molecular formula is C20H20Cl2N4O2. The van der Waals surface area contributed by atoms with Crippen LogP contribution in [-0.4, -0.2) is 46.8 Å². The third kappa shape index (κ3) is 3.32. The molecule has 2 atom stereocenters. The van der Waals surface area contributed by atoms with Gasteiger partial charge in [0.15, 0.2) is 11.5 Å². The second-order valence-corrected chi connectivity index (χ2v) is 7.61. The van der Waals surface area contributed by atoms with E-state index in [1.807, 2.05) is 35.2 Å². The smallest absolute Gasteiger partial charge is 0.274 e. The van der Waals surface area contributed by atoms with E-state index < -0.39 is 0 Å². The topological polar surface area (TPSA) is 63.3 Å². The van der Waals surface area contributed by atoms with Crippen LogP contribution in [0.25, 0.3) is 17.1 Å². The number of benzene rings is 1. The molecule has 2 aliphatic heterocycles. The van der Waals surface area contributed by atoms with E-state index in [0.717, 1.165) is 37.6 Å². The van der Waals surface area contributed by atoms with Crippen LogP contribution in [0.15, 0.2) is 53.1 Å². The lowest BCUT2D eigenvalue weighted by molar-refractivity contribution is 0.0775. The van der Waals surface area contributed by atoms with Gasteiger partial charge < -0.3 is 14.6 Å². The van der Waals surface area contributed by atoms with E-state index in [4.69, 9.17) is 16.0 Å². The Kier molecular flexibility index (Phi) is 5.19. The van der Waals surface area contributed by atoms with Crippen LogP contribution in [0.3, 0.4) is 0 Å². The molecule has 0 unspecified atom stereocenters. The molecule has 0 radical (unpaired) electrons. The second kappa shape index (κ2) is 7.62. The number of amides is 1. The zero-order valence-corrected chi connectivity index (χ0v) is 16.6. The SMILES string of the molecule is Cl.O=C(c1cc(-c2ccco2)n(-c2ccc(Cl)cc2)n1)N1C[C@H]2CNC[C@H]2C1. The highest BCUT2D eigenvalue weighted by Crippen LogP contribution is 2.29. The molecule has 1 aromatic carbocycles. The fraction of sp³-hybridized carbons (Fsp3) is 0.300. The molecule has 1 N–H and O–H groups in total. The summed E-state index contributed by atoms with van der Waals surface area (Å²) in [5.74, 6) is 1.75. The molecule has 6 nitrogen and oxygen atoms in total. The van der Waals surface area contributed by atoms with Gasteiger partial charge in [-0.2, -0.15) is 5.10 Å². The van der Waals surface area contributed by atoms with E-state index in [2.05, 4.69) is 10.4 Å². The number of nitrogens with one attached hydrogen (secondary N) is 1. The van der Waals surface area contributed by atoms with Crippen molar-refractivity contribution in [1.29, 1.82) is 0 Å². The van der Waals surface area contributed by atoms with E-state index in [9.17, 15) is 4.79 Å². The zero-order chi connectivity index (χ0) is 18.4. The third-order valence-corrected chi connectivity index (χ3v) is 5.70. The molecule has 2 aromatic heterocycles. The predicted octanol–water partition coefficient (Wildman–Crippen LogP) is 3.50. The normalized spacial score (nSPS) is 20.8. The maximum absolute atomic E-state index is 13.1. The van der Waals surface area contributed by atoms with Gasteiger partial charge in [-0.1, -0.05) is 11.6 Å². The third-order valence-electron chi connectivity index (χ3n) is 5.45. The van der Waals surface area contributed by atoms with Crippen molar-refractivity contribution in [2.24, 2.45) is 11.8 Å². The highest BCUT2D eigenvalue weighted by Gasteiger charge is 2.39. The number of likely N-dealkylation sites (tertiary alicyclic amines) is 1. The van der Waals surface area contributed by atoms with E-state index in [1.165, 1.54) is 0 Å². The maximum Gasteiger partial charge on any atom is 0.274 e. The molecule has 2 aliphatic rings. The maximum atomic E-state index is 13.1. The van der Waals surface area contributed by atoms with E-state index >= 15 is 0 Å². The standard InChI is InChI=1S/C20H19ClN4O2.ClH/c21-15-3-5-16(6-4-15)25-18(19-2-1-7-27-19)8-17(23-25)20(26)24-11-13-9-22-10-14(13)12-24;/h1-8,13-14,22H,9-12H2;1H/t13-,14+;. The number of nitrogens with zero attached hydrogens (tertiary/aromatic N) is 3. The van der Waals surface area contributed by atoms with Gasteiger partial charge in [-0.3, -0.25) is 4.79 Å². The van der Waals surface area contributed by atoms with Gasteiger partial charge in [0.1, 0.15) is 5.69 Å². The van der Waals surface area contributed by atoms with Crippen LogP contribution in [-0.2, 0) is 0 Å². The summed E-state index contributed by atoms with van der Waals surface area (Å²) in [7, 11) is 0. The Morgan fingerprint density at radius 2 is 1.86 bits per heavy atom. The van der Waals surface area contributed by atoms with Gasteiger partial charge in [0.05, 0.1) is 12.0 Å². The summed E-state index contributed by atoms with van der Waals surface area (Å²) in [5, 5.41) is 8.66. The molecule has 8 heteroatoms. The highest BCUT2D eigenvalue weighted by molar-refractivity contribution is 6.30. The van der Waals surface area contributed by atoms with Crippen LogP contribution in [0.4, 0.5) is 0 Å². The second-order valence-electron chi connectivity index (χ2n) is 7.17. The van der Waals surface area contributed by atoms with Crippen LogP contribution >= 0.6 is 24.0 Å². The summed E-state index contributed by atoms with van der Waals surface area (Å²) >= 11 is 6.01. The highest BCUT2D eigenvalue weighted by atomic mass is 35.5. The summed E-state index contributed by atoms with van der Waals surface area (Å²) in [6, 6.07) is 12.9. The molecule has 0 aliphatic carbocycles. The van der Waals surface area contributed by atoms with Crippen molar-refractivity contribution in [2.45, 2.75) is 0 Å². The van der Waals surface area contributed by atoms with Gasteiger partial charge in [0.25, 0.3) is 5.91 Å². The van der Waals surface area contributed by atoms with Crippen molar-refractivity contribution in [3.63, 3.8) is 0 Å². The number of fused-ring (bicyclic) bond motifs is 1. The lowest BCUT2D eigenvalue weighted by Crippen LogP contribution is -2.32. The monoisotopic (exact) mass is 418 g/mol. The minimum absolute atomic E-state index is 0. The van der Waals surface area contributed by atoms with Gasteiger partial charge in [0, 0.05) is 37.3 Å². The van der Waals surface area contributed by atoms with Crippen molar-refractivity contribution in [2.75, 3.05) is 26.2 Å². The minimum atomic E-state index is -0.0232. The Labute approximate surface area is 173 Å². The minimum Gasteiger partial charge on any atom is -0.463 e. The molecule has 0 spiro atoms. The molecule has 5 rings (SSSR count). The summed E-state index contributed by atoms with van der Waals surface area (Å²) in [6.07, 6.45) is 1.62. The number of aromatic nitrogens is 2. The van der Waals surface area contributed by atoms with Gasteiger partial charge >= 0.3 is 0 Å². The average molecular weight is 419 g/mol. The number of carbonyl (C=O) groups excluding carboxylic acids is 1. The number of hydrogen-bond donors (Lipinski definition) is 1. The van der Waals surface area contributed by atoms with E-state index in [-0.39, 0.29) is 18.3 Å². The van der Waals surface area contributed by atoms with Gasteiger partial charge in [-0.05, 0) is 48.2 Å². The van der Waals surface area contributed by atoms with Crippen molar-refractivity contribution in [1.82, 2.24) is 20.0 Å². The van der Waals surface area contributed by atoms with Crippen molar-refractivity contribution < 1.29 is 9.21 Å². The van der Waals surface area contributed by atoms with Crippen LogP contribution in [0.5, 0.6) is 0 Å². The molecule has 2 fully saturated rings. The molecular weight excluding hydrogens is 399 g/mol. The fourth-order valence-electron chi connectivity index (χ4n) is 4.05. The van der Waals surface area contributed by atoms with Crippen LogP contribution in [0, 0.1) is 11.8 Å². The lowest BCUT2D eigenvalue weighted by Gasteiger charge is -2.15. The average Bonchev–Trinajstić information content (AvgIpc) is 3.43. The van der Waals surface area contributed by atoms with Gasteiger partial charge in [-0.25, -0.2) is 4.68 Å². The fourth-order valence-corrected chi connectivity index (χ4v) is 4.17. The molecule has 0 saturated carbocycles. The summed E-state index contributed by atoms with van der Waals surface area (Å²) in [6.45, 7) is 3.57. The molecule has 1 amide bonds. The summed E-state index contributed by atoms with van der Waals surface area (Å²) < 4.78 is 7.30. The van der Waals surface area contributed by atoms with E-state index in [1.54, 1.807) is 23.1 Å². The van der Waals surface area contributed by atoms with Crippen molar-refractivity contribution >= 4 is 29.9 Å². The molecule has 3 aromatic rings. The van der Waals surface area contributed by atoms with E-state index in [0.29, 0.717) is 28.3 Å². The number of furan rings is 1. The van der Waals surface area contributed by atoms with Crippen molar-refractivity contribution in [3.8, 4) is 17.1 Å². The number of carbonyl (C=O) groups is 1. The molecule has 2 saturated heterocycles. The Balaban J connectivity index is 0.00000192. The first-order valence-corrected chi connectivity index (χ1v) is 9.47. The molecule has 4 heterocycles. The van der Waals surface area contributed by atoms with Gasteiger partial charge in [-0.15, -0.1) is 12.4 Å². The van der Waals surface area contributed by atoms with Crippen molar-refractivity contribution in [3.05, 3.63) is 59.4 Å². The Morgan fingerprint density at radius 3 is 2.50 bits per heavy atom. The lowest BCUT2D eigenvalue weighted by atomic mass is 10.0. The Hall–Kier alpha value is -2.28. The summed E-state index contributed by atoms with van der Waals surface area (Å²) in [5.41, 5.74) is 2.00. The van der Waals surface area contributed by atoms with Crippen LogP contribution < -0.4 is 5.32 Å². The first-order chi connectivity index (χ1) is 13.2. The number of hydrogen-bond acceptors (Lipinski definition) is 4. The zero-order valence-electron chi connectivity index (χ0n) is 15.0. The molecule has 146 valence electrons. The number of halogens is 2. The van der Waals surface area contributed by atoms with Crippen LogP contribution in [0.2, 0.25) is 5.02 Å². The predicted molar refractivity (Wildman–Crippen MR) is 109 cm³/mol.